The van der Waals surface area contributed by atoms with E-state index >= 15 is 0 Å². The highest BCUT2D eigenvalue weighted by Gasteiger charge is 2.02. The molecule has 0 atom stereocenters. The number of rotatable bonds is 0. The molecule has 0 aliphatic rings. The lowest BCUT2D eigenvalue weighted by molar-refractivity contribution is 1.41. The average molecular weight is 207 g/mol. The number of para-hydroxylation sites is 1. The Morgan fingerprint density at radius 1 is 0.875 bits per heavy atom. The van der Waals surface area contributed by atoms with Gasteiger partial charge in [-0.3, -0.25) is 0 Å². The van der Waals surface area contributed by atoms with Crippen molar-refractivity contribution in [1.29, 1.82) is 0 Å². The number of aryl methyl sites for hydroxylation is 2. The van der Waals surface area contributed by atoms with Gasteiger partial charge in [0.1, 0.15) is 0 Å². The van der Waals surface area contributed by atoms with Gasteiger partial charge < -0.3 is 0 Å². The standard InChI is InChI=1S/C15H13N/c1-10-5-4-8-14-13(10)9-12-7-3-6-11(2)15(12)16-14/h3-9H,1-2H3. The predicted molar refractivity (Wildman–Crippen MR) is 68.7 cm³/mol. The van der Waals surface area contributed by atoms with Crippen molar-refractivity contribution in [2.75, 3.05) is 0 Å². The number of aromatic nitrogens is 1. The van der Waals surface area contributed by atoms with E-state index in [1.807, 2.05) is 0 Å². The first-order valence-corrected chi connectivity index (χ1v) is 5.51. The normalized spacial score (nSPS) is 11.1. The van der Waals surface area contributed by atoms with Crippen LogP contribution in [0.4, 0.5) is 0 Å². The SMILES string of the molecule is Cc1cccc2nc3c(C)cccc3cc12. The Balaban J connectivity index is 2.54. The maximum atomic E-state index is 4.74. The van der Waals surface area contributed by atoms with Gasteiger partial charge in [0.2, 0.25) is 0 Å². The van der Waals surface area contributed by atoms with Crippen LogP contribution in [0.3, 0.4) is 0 Å². The Hall–Kier alpha value is -1.89. The summed E-state index contributed by atoms with van der Waals surface area (Å²) in [6.07, 6.45) is 0. The van der Waals surface area contributed by atoms with Crippen molar-refractivity contribution in [3.63, 3.8) is 0 Å². The number of nitrogens with zero attached hydrogens (tertiary/aromatic N) is 1. The minimum Gasteiger partial charge on any atom is -0.248 e. The average Bonchev–Trinajstić information content (AvgIpc) is 2.29. The first kappa shape index (κ1) is 9.34. The van der Waals surface area contributed by atoms with Crippen LogP contribution in [-0.2, 0) is 0 Å². The summed E-state index contributed by atoms with van der Waals surface area (Å²) in [5.41, 5.74) is 4.72. The van der Waals surface area contributed by atoms with Crippen LogP contribution in [0.1, 0.15) is 11.1 Å². The molecule has 0 saturated heterocycles. The van der Waals surface area contributed by atoms with Gasteiger partial charge in [0.15, 0.2) is 0 Å². The quantitative estimate of drug-likeness (QED) is 0.508. The summed E-state index contributed by atoms with van der Waals surface area (Å²) in [7, 11) is 0. The third kappa shape index (κ3) is 1.28. The Bertz CT molecular complexity index is 622. The van der Waals surface area contributed by atoms with E-state index in [1.54, 1.807) is 0 Å². The maximum absolute atomic E-state index is 4.74. The minimum atomic E-state index is 1.09. The second-order valence-electron chi connectivity index (χ2n) is 4.28. The third-order valence-corrected chi connectivity index (χ3v) is 3.10. The molecule has 0 unspecified atom stereocenters. The van der Waals surface area contributed by atoms with Crippen molar-refractivity contribution in [1.82, 2.24) is 4.98 Å². The molecule has 0 N–H and O–H groups in total. The highest BCUT2D eigenvalue weighted by molar-refractivity contribution is 5.95. The lowest BCUT2D eigenvalue weighted by Crippen LogP contribution is -1.87. The highest BCUT2D eigenvalue weighted by atomic mass is 14.7. The molecule has 0 radical (unpaired) electrons. The maximum Gasteiger partial charge on any atom is 0.0738 e. The molecule has 0 saturated carbocycles. The van der Waals surface area contributed by atoms with Crippen LogP contribution in [-0.4, -0.2) is 4.98 Å². The number of fused-ring (bicyclic) bond motifs is 2. The largest absolute Gasteiger partial charge is 0.248 e. The van der Waals surface area contributed by atoms with E-state index in [9.17, 15) is 0 Å². The molecule has 3 rings (SSSR count). The monoisotopic (exact) mass is 207 g/mol. The summed E-state index contributed by atoms with van der Waals surface area (Å²) in [4.78, 5) is 4.74. The van der Waals surface area contributed by atoms with Crippen molar-refractivity contribution >= 4 is 21.8 Å². The molecule has 1 nitrogen and oxygen atoms in total. The van der Waals surface area contributed by atoms with Crippen LogP contribution in [0, 0.1) is 13.8 Å². The van der Waals surface area contributed by atoms with Crippen molar-refractivity contribution in [2.45, 2.75) is 13.8 Å². The van der Waals surface area contributed by atoms with Gasteiger partial charge in [-0.25, -0.2) is 4.98 Å². The first-order valence-electron chi connectivity index (χ1n) is 5.51. The Kier molecular flexibility index (Phi) is 1.93. The molecule has 0 bridgehead atoms. The zero-order valence-corrected chi connectivity index (χ0v) is 9.49. The van der Waals surface area contributed by atoms with Crippen LogP contribution in [0.5, 0.6) is 0 Å². The van der Waals surface area contributed by atoms with E-state index < -0.39 is 0 Å². The molecule has 0 spiro atoms. The van der Waals surface area contributed by atoms with Crippen LogP contribution < -0.4 is 0 Å². The summed E-state index contributed by atoms with van der Waals surface area (Å²) >= 11 is 0. The first-order chi connectivity index (χ1) is 7.75. The number of hydrogen-bond donors (Lipinski definition) is 0. The van der Waals surface area contributed by atoms with Gasteiger partial charge in [0.25, 0.3) is 0 Å². The zero-order chi connectivity index (χ0) is 11.1. The zero-order valence-electron chi connectivity index (χ0n) is 9.49. The van der Waals surface area contributed by atoms with Crippen LogP contribution in [0.2, 0.25) is 0 Å². The Morgan fingerprint density at radius 2 is 1.62 bits per heavy atom. The van der Waals surface area contributed by atoms with Gasteiger partial charge in [-0.05, 0) is 37.1 Å². The van der Waals surface area contributed by atoms with E-state index in [0.29, 0.717) is 0 Å². The molecule has 1 heteroatoms. The molecule has 3 aromatic rings. The van der Waals surface area contributed by atoms with Crippen LogP contribution in [0.25, 0.3) is 21.8 Å². The molecule has 0 aliphatic carbocycles. The predicted octanol–water partition coefficient (Wildman–Crippen LogP) is 4.00. The molecule has 1 heterocycles. The van der Waals surface area contributed by atoms with Gasteiger partial charge in [-0.15, -0.1) is 0 Å². The van der Waals surface area contributed by atoms with Gasteiger partial charge in [0.05, 0.1) is 11.0 Å². The van der Waals surface area contributed by atoms with Crippen molar-refractivity contribution in [3.05, 3.63) is 53.6 Å². The molecule has 1 aromatic heterocycles. The van der Waals surface area contributed by atoms with E-state index in [4.69, 9.17) is 4.98 Å². The molecular formula is C15H13N. The fraction of sp³-hybridized carbons (Fsp3) is 0.133. The minimum absolute atomic E-state index is 1.09. The van der Waals surface area contributed by atoms with Crippen LogP contribution in [0.15, 0.2) is 42.5 Å². The lowest BCUT2D eigenvalue weighted by atomic mass is 10.0. The number of hydrogen-bond acceptors (Lipinski definition) is 1. The Morgan fingerprint density at radius 3 is 2.50 bits per heavy atom. The number of benzene rings is 2. The number of pyridine rings is 1. The second-order valence-corrected chi connectivity index (χ2v) is 4.28. The molecule has 2 aromatic carbocycles. The third-order valence-electron chi connectivity index (χ3n) is 3.10. The summed E-state index contributed by atoms with van der Waals surface area (Å²) in [5, 5.41) is 2.47. The fourth-order valence-corrected chi connectivity index (χ4v) is 2.18. The fourth-order valence-electron chi connectivity index (χ4n) is 2.18. The molecule has 0 fully saturated rings. The molecule has 78 valence electrons. The van der Waals surface area contributed by atoms with E-state index in [2.05, 4.69) is 56.3 Å². The second kappa shape index (κ2) is 3.31. The summed E-state index contributed by atoms with van der Waals surface area (Å²) in [5.74, 6) is 0. The molecule has 16 heavy (non-hydrogen) atoms. The topological polar surface area (TPSA) is 12.9 Å². The summed E-state index contributed by atoms with van der Waals surface area (Å²) in [6.45, 7) is 4.24. The van der Waals surface area contributed by atoms with Gasteiger partial charge in [-0.2, -0.15) is 0 Å². The van der Waals surface area contributed by atoms with E-state index in [-0.39, 0.29) is 0 Å². The van der Waals surface area contributed by atoms with Crippen molar-refractivity contribution < 1.29 is 0 Å². The summed E-state index contributed by atoms with van der Waals surface area (Å²) in [6, 6.07) is 14.8. The Labute approximate surface area is 94.7 Å². The van der Waals surface area contributed by atoms with Crippen LogP contribution >= 0.6 is 0 Å². The van der Waals surface area contributed by atoms with E-state index in [1.165, 1.54) is 21.9 Å². The molecular weight excluding hydrogens is 194 g/mol. The van der Waals surface area contributed by atoms with Gasteiger partial charge in [0, 0.05) is 10.8 Å². The van der Waals surface area contributed by atoms with Gasteiger partial charge >= 0.3 is 0 Å². The van der Waals surface area contributed by atoms with Crippen molar-refractivity contribution in [2.24, 2.45) is 0 Å². The smallest absolute Gasteiger partial charge is 0.0738 e. The molecule has 0 aliphatic heterocycles. The highest BCUT2D eigenvalue weighted by Crippen LogP contribution is 2.23. The molecule has 0 amide bonds. The van der Waals surface area contributed by atoms with E-state index in [0.717, 1.165) is 11.0 Å². The van der Waals surface area contributed by atoms with Gasteiger partial charge in [-0.1, -0.05) is 30.3 Å². The lowest BCUT2D eigenvalue weighted by Gasteiger charge is -2.05. The summed E-state index contributed by atoms with van der Waals surface area (Å²) < 4.78 is 0. The van der Waals surface area contributed by atoms with Crippen molar-refractivity contribution in [3.8, 4) is 0 Å².